The average molecular weight is 404 g/mol. The number of amides is 1. The molecule has 3 heterocycles. The second-order valence-electron chi connectivity index (χ2n) is 6.94. The van der Waals surface area contributed by atoms with Crippen molar-refractivity contribution in [3.05, 3.63) is 54.1 Å². The first-order chi connectivity index (χ1) is 13.9. The molecule has 0 bridgehead atoms. The van der Waals surface area contributed by atoms with Gasteiger partial charge in [0.1, 0.15) is 5.76 Å². The monoisotopic (exact) mass is 404 g/mol. The Morgan fingerprint density at radius 1 is 1.10 bits per heavy atom. The zero-order valence-electron chi connectivity index (χ0n) is 15.4. The van der Waals surface area contributed by atoms with Crippen LogP contribution in [0.3, 0.4) is 0 Å². The highest BCUT2D eigenvalue weighted by molar-refractivity contribution is 5.79. The van der Waals surface area contributed by atoms with Gasteiger partial charge in [0.15, 0.2) is 11.5 Å². The summed E-state index contributed by atoms with van der Waals surface area (Å²) in [6, 6.07) is 9.99. The highest BCUT2D eigenvalue weighted by atomic mass is 19.4. The van der Waals surface area contributed by atoms with Gasteiger partial charge >= 0.3 is 6.18 Å². The Kier molecular flexibility index (Phi) is 5.12. The van der Waals surface area contributed by atoms with Crippen molar-refractivity contribution in [1.82, 2.24) is 15.3 Å². The van der Waals surface area contributed by atoms with Crippen LogP contribution in [0.2, 0.25) is 0 Å². The second kappa shape index (κ2) is 7.73. The highest BCUT2D eigenvalue weighted by Gasteiger charge is 2.39. The number of hydrogen-bond donors (Lipinski definition) is 1. The lowest BCUT2D eigenvalue weighted by molar-refractivity contribution is -0.140. The molecule has 0 radical (unpaired) electrons. The molecule has 1 amide bonds. The zero-order chi connectivity index (χ0) is 20.4. The molecule has 4 rings (SSSR count). The lowest BCUT2D eigenvalue weighted by atomic mass is 9.95. The maximum absolute atomic E-state index is 13.6. The predicted octanol–water partition coefficient (Wildman–Crippen LogP) is 3.77. The fourth-order valence-electron chi connectivity index (χ4n) is 3.49. The van der Waals surface area contributed by atoms with Crippen molar-refractivity contribution in [3.8, 4) is 0 Å². The van der Waals surface area contributed by atoms with Gasteiger partial charge in [0, 0.05) is 19.0 Å². The summed E-state index contributed by atoms with van der Waals surface area (Å²) in [6.07, 6.45) is -2.20. The molecule has 1 N–H and O–H groups in total. The molecule has 0 aliphatic carbocycles. The molecule has 0 atom stereocenters. The van der Waals surface area contributed by atoms with Crippen LogP contribution in [0.5, 0.6) is 0 Å². The van der Waals surface area contributed by atoms with Crippen molar-refractivity contribution in [2.75, 3.05) is 18.0 Å². The zero-order valence-corrected chi connectivity index (χ0v) is 15.4. The Morgan fingerprint density at radius 2 is 1.79 bits per heavy atom. The summed E-state index contributed by atoms with van der Waals surface area (Å²) in [7, 11) is 0. The van der Waals surface area contributed by atoms with Crippen molar-refractivity contribution in [2.24, 2.45) is 5.92 Å². The van der Waals surface area contributed by atoms with Gasteiger partial charge in [0.05, 0.1) is 23.8 Å². The minimum absolute atomic E-state index is 0.123. The molecule has 1 aromatic carbocycles. The molecule has 29 heavy (non-hydrogen) atoms. The topological polar surface area (TPSA) is 71.3 Å². The standard InChI is InChI=1S/C20H19F3N4O2/c21-20(22,23)17-18(26-16-6-2-1-5-15(16)25-17)27-9-7-13(8-10-27)19(28)24-12-14-4-3-11-29-14/h1-6,11,13H,7-10,12H2,(H,24,28). The number of para-hydroxylation sites is 2. The van der Waals surface area contributed by atoms with Crippen LogP contribution in [0.15, 0.2) is 47.1 Å². The fraction of sp³-hybridized carbons (Fsp3) is 0.350. The Balaban J connectivity index is 1.47. The van der Waals surface area contributed by atoms with Gasteiger partial charge in [-0.2, -0.15) is 13.2 Å². The number of nitrogens with one attached hydrogen (secondary N) is 1. The van der Waals surface area contributed by atoms with Crippen LogP contribution < -0.4 is 10.2 Å². The third-order valence-electron chi connectivity index (χ3n) is 5.00. The summed E-state index contributed by atoms with van der Waals surface area (Å²) in [6.45, 7) is 0.893. The summed E-state index contributed by atoms with van der Waals surface area (Å²) in [5.41, 5.74) is -0.374. The molecule has 3 aromatic rings. The Morgan fingerprint density at radius 3 is 2.41 bits per heavy atom. The normalized spacial score (nSPS) is 15.6. The van der Waals surface area contributed by atoms with Crippen LogP contribution in [0.25, 0.3) is 11.0 Å². The van der Waals surface area contributed by atoms with E-state index >= 15 is 0 Å². The molecule has 1 aliphatic heterocycles. The van der Waals surface area contributed by atoms with Gasteiger partial charge in [0.25, 0.3) is 0 Å². The number of furan rings is 1. The number of alkyl halides is 3. The van der Waals surface area contributed by atoms with Gasteiger partial charge in [-0.25, -0.2) is 9.97 Å². The summed E-state index contributed by atoms with van der Waals surface area (Å²) >= 11 is 0. The van der Waals surface area contributed by atoms with Gasteiger partial charge in [-0.15, -0.1) is 0 Å². The SMILES string of the molecule is O=C(NCc1ccco1)C1CCN(c2nc3ccccc3nc2C(F)(F)F)CC1. The Hall–Kier alpha value is -3.10. The maximum Gasteiger partial charge on any atom is 0.437 e. The fourth-order valence-corrected chi connectivity index (χ4v) is 3.49. The number of nitrogens with zero attached hydrogens (tertiary/aromatic N) is 3. The summed E-state index contributed by atoms with van der Waals surface area (Å²) in [4.78, 5) is 22.0. The number of fused-ring (bicyclic) bond motifs is 1. The number of rotatable bonds is 4. The van der Waals surface area contributed by atoms with Crippen molar-refractivity contribution < 1.29 is 22.4 Å². The van der Waals surface area contributed by atoms with Gasteiger partial charge < -0.3 is 14.6 Å². The van der Waals surface area contributed by atoms with Gasteiger partial charge in [0.2, 0.25) is 5.91 Å². The van der Waals surface area contributed by atoms with Crippen molar-refractivity contribution in [1.29, 1.82) is 0 Å². The molecule has 9 heteroatoms. The van der Waals surface area contributed by atoms with E-state index in [4.69, 9.17) is 4.42 Å². The molecular formula is C20H19F3N4O2. The van der Waals surface area contributed by atoms with Crippen molar-refractivity contribution in [2.45, 2.75) is 25.6 Å². The Bertz CT molecular complexity index is 997. The van der Waals surface area contributed by atoms with E-state index in [1.165, 1.54) is 12.3 Å². The number of benzene rings is 1. The van der Waals surface area contributed by atoms with Crippen molar-refractivity contribution >= 4 is 22.8 Å². The van der Waals surface area contributed by atoms with Crippen LogP contribution in [0.1, 0.15) is 24.3 Å². The van der Waals surface area contributed by atoms with E-state index < -0.39 is 11.9 Å². The Labute approximate surface area is 164 Å². The third-order valence-corrected chi connectivity index (χ3v) is 5.00. The summed E-state index contributed by atoms with van der Waals surface area (Å²) < 4.78 is 45.9. The van der Waals surface area contributed by atoms with Gasteiger partial charge in [-0.1, -0.05) is 12.1 Å². The number of carbonyl (C=O) groups excluding carboxylic acids is 1. The molecule has 0 saturated carbocycles. The lowest BCUT2D eigenvalue weighted by Crippen LogP contribution is -2.41. The van der Waals surface area contributed by atoms with E-state index in [1.807, 2.05) is 0 Å². The maximum atomic E-state index is 13.6. The largest absolute Gasteiger partial charge is 0.467 e. The van der Waals surface area contributed by atoms with Crippen LogP contribution >= 0.6 is 0 Å². The molecule has 1 fully saturated rings. The van der Waals surface area contributed by atoms with Gasteiger partial charge in [-0.05, 0) is 37.1 Å². The minimum Gasteiger partial charge on any atom is -0.467 e. The summed E-state index contributed by atoms with van der Waals surface area (Å²) in [5.74, 6) is 0.0911. The molecule has 1 aliphatic rings. The molecule has 0 spiro atoms. The molecule has 6 nitrogen and oxygen atoms in total. The number of halogens is 3. The van der Waals surface area contributed by atoms with Crippen LogP contribution in [0, 0.1) is 5.92 Å². The van der Waals surface area contributed by atoms with Crippen LogP contribution in [0.4, 0.5) is 19.0 Å². The first kappa shape index (κ1) is 19.2. The van der Waals surface area contributed by atoms with Crippen molar-refractivity contribution in [3.63, 3.8) is 0 Å². The highest BCUT2D eigenvalue weighted by Crippen LogP contribution is 2.36. The molecule has 0 unspecified atom stereocenters. The number of hydrogen-bond acceptors (Lipinski definition) is 5. The molecule has 152 valence electrons. The minimum atomic E-state index is -4.61. The smallest absolute Gasteiger partial charge is 0.437 e. The van der Waals surface area contributed by atoms with E-state index in [9.17, 15) is 18.0 Å². The molecule has 2 aromatic heterocycles. The van der Waals surface area contributed by atoms with Gasteiger partial charge in [-0.3, -0.25) is 4.79 Å². The predicted molar refractivity (Wildman–Crippen MR) is 100 cm³/mol. The van der Waals surface area contributed by atoms with E-state index in [1.54, 1.807) is 35.2 Å². The average Bonchev–Trinajstić information content (AvgIpc) is 3.24. The number of anilines is 1. The van der Waals surface area contributed by atoms with Crippen LogP contribution in [-0.4, -0.2) is 29.0 Å². The quantitative estimate of drug-likeness (QED) is 0.717. The number of carbonyl (C=O) groups is 1. The first-order valence-corrected chi connectivity index (χ1v) is 9.31. The molecule has 1 saturated heterocycles. The van der Waals surface area contributed by atoms with E-state index in [0.717, 1.165) is 0 Å². The second-order valence-corrected chi connectivity index (χ2v) is 6.94. The number of aromatic nitrogens is 2. The van der Waals surface area contributed by atoms with E-state index in [2.05, 4.69) is 15.3 Å². The molecular weight excluding hydrogens is 385 g/mol. The van der Waals surface area contributed by atoms with E-state index in [-0.39, 0.29) is 23.2 Å². The first-order valence-electron chi connectivity index (χ1n) is 9.31. The van der Waals surface area contributed by atoms with Crippen LogP contribution in [-0.2, 0) is 17.5 Å². The third kappa shape index (κ3) is 4.18. The van der Waals surface area contributed by atoms with E-state index in [0.29, 0.717) is 43.8 Å². The summed E-state index contributed by atoms with van der Waals surface area (Å²) in [5, 5.41) is 2.81. The lowest BCUT2D eigenvalue weighted by Gasteiger charge is -2.33. The number of piperidine rings is 1.